The lowest BCUT2D eigenvalue weighted by Crippen LogP contribution is -2.35. The van der Waals surface area contributed by atoms with Crippen LogP contribution in [0.4, 0.5) is 10.5 Å². The van der Waals surface area contributed by atoms with Crippen molar-refractivity contribution in [1.82, 2.24) is 19.6 Å². The third kappa shape index (κ3) is 3.71. The van der Waals surface area contributed by atoms with Crippen LogP contribution in [-0.2, 0) is 4.79 Å². The zero-order valence-electron chi connectivity index (χ0n) is 16.1. The van der Waals surface area contributed by atoms with Crippen LogP contribution < -0.4 is 5.32 Å². The van der Waals surface area contributed by atoms with Gasteiger partial charge < -0.3 is 10.2 Å². The maximum absolute atomic E-state index is 12.8. The van der Waals surface area contributed by atoms with E-state index in [1.807, 2.05) is 38.1 Å². The van der Waals surface area contributed by atoms with Crippen LogP contribution in [0.2, 0.25) is 5.02 Å². The summed E-state index contributed by atoms with van der Waals surface area (Å²) in [5, 5.41) is 7.97. The smallest absolute Gasteiger partial charge is 0.323 e. The molecular formula is C20H24ClN5O2. The van der Waals surface area contributed by atoms with E-state index in [0.717, 1.165) is 17.9 Å². The quantitative estimate of drug-likeness (QED) is 0.830. The Morgan fingerprint density at radius 3 is 2.75 bits per heavy atom. The summed E-state index contributed by atoms with van der Waals surface area (Å²) in [6, 6.07) is 7.18. The van der Waals surface area contributed by atoms with E-state index in [4.69, 9.17) is 11.6 Å². The highest BCUT2D eigenvalue weighted by atomic mass is 35.5. The molecule has 1 saturated carbocycles. The van der Waals surface area contributed by atoms with E-state index in [-0.39, 0.29) is 24.4 Å². The summed E-state index contributed by atoms with van der Waals surface area (Å²) in [5.41, 5.74) is 2.26. The van der Waals surface area contributed by atoms with Gasteiger partial charge in [0, 0.05) is 6.54 Å². The van der Waals surface area contributed by atoms with Crippen molar-refractivity contribution >= 4 is 29.2 Å². The number of halogens is 1. The fourth-order valence-corrected chi connectivity index (χ4v) is 3.74. The molecule has 0 atom stereocenters. The number of para-hydroxylation sites is 1. The number of urea groups is 1. The first-order chi connectivity index (χ1) is 13.4. The Bertz CT molecular complexity index is 906. The summed E-state index contributed by atoms with van der Waals surface area (Å²) >= 11 is 6.33. The topological polar surface area (TPSA) is 70.5 Å². The van der Waals surface area contributed by atoms with Crippen molar-refractivity contribution in [2.45, 2.75) is 32.6 Å². The summed E-state index contributed by atoms with van der Waals surface area (Å²) in [6.07, 6.45) is 3.99. The van der Waals surface area contributed by atoms with Gasteiger partial charge in [-0.3, -0.25) is 9.69 Å². The van der Waals surface area contributed by atoms with Gasteiger partial charge in [-0.15, -0.1) is 0 Å². The second kappa shape index (κ2) is 7.47. The first kappa shape index (κ1) is 18.8. The van der Waals surface area contributed by atoms with Crippen LogP contribution in [0, 0.1) is 5.92 Å². The van der Waals surface area contributed by atoms with Gasteiger partial charge >= 0.3 is 6.03 Å². The van der Waals surface area contributed by atoms with Gasteiger partial charge in [0.1, 0.15) is 6.54 Å². The van der Waals surface area contributed by atoms with Gasteiger partial charge in [-0.1, -0.05) is 37.6 Å². The fraction of sp³-hybridized carbons (Fsp3) is 0.450. The van der Waals surface area contributed by atoms with Crippen LogP contribution in [0.5, 0.6) is 0 Å². The number of hydrogen-bond donors (Lipinski definition) is 1. The highest BCUT2D eigenvalue weighted by Crippen LogP contribution is 2.32. The minimum atomic E-state index is -0.285. The molecule has 0 bridgehead atoms. The number of aromatic nitrogens is 2. The molecule has 2 heterocycles. The van der Waals surface area contributed by atoms with Gasteiger partial charge in [0.25, 0.3) is 0 Å². The number of amides is 3. The van der Waals surface area contributed by atoms with E-state index in [1.54, 1.807) is 20.7 Å². The molecule has 0 unspecified atom stereocenters. The Morgan fingerprint density at radius 1 is 1.32 bits per heavy atom. The largest absolute Gasteiger partial charge is 0.323 e. The van der Waals surface area contributed by atoms with Gasteiger partial charge in [-0.2, -0.15) is 5.10 Å². The van der Waals surface area contributed by atoms with E-state index >= 15 is 0 Å². The van der Waals surface area contributed by atoms with Gasteiger partial charge in [0.2, 0.25) is 5.91 Å². The molecule has 1 aliphatic carbocycles. The number of nitrogens with one attached hydrogen (secondary N) is 1. The molecule has 2 fully saturated rings. The Labute approximate surface area is 169 Å². The number of carbonyl (C=O) groups excluding carboxylic acids is 2. The van der Waals surface area contributed by atoms with E-state index in [1.165, 1.54) is 12.8 Å². The average molecular weight is 402 g/mol. The molecule has 1 N–H and O–H groups in total. The highest BCUT2D eigenvalue weighted by Gasteiger charge is 2.35. The number of nitrogens with zero attached hydrogens (tertiary/aromatic N) is 4. The summed E-state index contributed by atoms with van der Waals surface area (Å²) in [5.74, 6) is 0.729. The fourth-order valence-electron chi connectivity index (χ4n) is 3.53. The van der Waals surface area contributed by atoms with Crippen molar-refractivity contribution < 1.29 is 9.59 Å². The zero-order chi connectivity index (χ0) is 19.8. The van der Waals surface area contributed by atoms with E-state index in [0.29, 0.717) is 23.3 Å². The number of anilines is 1. The number of benzene rings is 1. The minimum Gasteiger partial charge on any atom is -0.323 e. The van der Waals surface area contributed by atoms with Gasteiger partial charge in [-0.25, -0.2) is 9.48 Å². The third-order valence-electron chi connectivity index (χ3n) is 5.16. The molecule has 4 rings (SSSR count). The van der Waals surface area contributed by atoms with Crippen molar-refractivity contribution in [2.75, 3.05) is 25.1 Å². The van der Waals surface area contributed by atoms with Crippen LogP contribution in [0.25, 0.3) is 5.69 Å². The van der Waals surface area contributed by atoms with E-state index < -0.39 is 0 Å². The first-order valence-electron chi connectivity index (χ1n) is 9.60. The molecular weight excluding hydrogens is 378 g/mol. The molecule has 2 aromatic rings. The average Bonchev–Trinajstić information content (AvgIpc) is 3.26. The molecule has 1 aromatic carbocycles. The molecule has 0 radical (unpaired) electrons. The monoisotopic (exact) mass is 401 g/mol. The molecule has 0 spiro atoms. The summed E-state index contributed by atoms with van der Waals surface area (Å²) in [4.78, 5) is 28.3. The van der Waals surface area contributed by atoms with Gasteiger partial charge in [0.15, 0.2) is 0 Å². The second-order valence-electron chi connectivity index (χ2n) is 7.79. The molecule has 148 valence electrons. The number of hydrogen-bond acceptors (Lipinski definition) is 3. The molecule has 8 heteroatoms. The maximum Gasteiger partial charge on any atom is 0.323 e. The minimum absolute atomic E-state index is 0.0119. The van der Waals surface area contributed by atoms with Crippen LogP contribution in [0.15, 0.2) is 30.5 Å². The van der Waals surface area contributed by atoms with Crippen molar-refractivity contribution in [3.05, 3.63) is 41.2 Å². The molecule has 1 aliphatic heterocycles. The van der Waals surface area contributed by atoms with Crippen LogP contribution in [0.3, 0.4) is 0 Å². The number of carbonyl (C=O) groups is 2. The zero-order valence-corrected chi connectivity index (χ0v) is 16.8. The Balaban J connectivity index is 1.52. The van der Waals surface area contributed by atoms with Crippen molar-refractivity contribution in [1.29, 1.82) is 0 Å². The molecule has 1 saturated heterocycles. The summed E-state index contributed by atoms with van der Waals surface area (Å²) in [7, 11) is 0. The Kier molecular flexibility index (Phi) is 5.02. The summed E-state index contributed by atoms with van der Waals surface area (Å²) < 4.78 is 1.76. The van der Waals surface area contributed by atoms with Crippen molar-refractivity contribution in [2.24, 2.45) is 5.92 Å². The normalized spacial score (nSPS) is 16.9. The number of rotatable bonds is 5. The first-order valence-corrected chi connectivity index (χ1v) is 9.98. The van der Waals surface area contributed by atoms with Crippen molar-refractivity contribution in [3.8, 4) is 5.69 Å². The maximum atomic E-state index is 12.8. The molecule has 2 aliphatic rings. The van der Waals surface area contributed by atoms with Crippen LogP contribution in [-0.4, -0.2) is 51.3 Å². The van der Waals surface area contributed by atoms with E-state index in [9.17, 15) is 9.59 Å². The molecule has 28 heavy (non-hydrogen) atoms. The lowest BCUT2D eigenvalue weighted by molar-refractivity contribution is -0.126. The third-order valence-corrected chi connectivity index (χ3v) is 5.48. The second-order valence-corrected chi connectivity index (χ2v) is 8.20. The predicted molar refractivity (Wildman–Crippen MR) is 108 cm³/mol. The highest BCUT2D eigenvalue weighted by molar-refractivity contribution is 6.32. The molecule has 1 aromatic heterocycles. The Hall–Kier alpha value is -2.54. The lowest BCUT2D eigenvalue weighted by Gasteiger charge is -2.19. The summed E-state index contributed by atoms with van der Waals surface area (Å²) in [6.45, 7) is 5.29. The molecule has 3 amide bonds. The van der Waals surface area contributed by atoms with Gasteiger partial charge in [-0.05, 0) is 36.8 Å². The van der Waals surface area contributed by atoms with Crippen molar-refractivity contribution in [3.63, 3.8) is 0 Å². The van der Waals surface area contributed by atoms with Crippen LogP contribution >= 0.6 is 11.6 Å². The lowest BCUT2D eigenvalue weighted by atomic mass is 10.1. The Morgan fingerprint density at radius 2 is 2.07 bits per heavy atom. The predicted octanol–water partition coefficient (Wildman–Crippen LogP) is 3.69. The van der Waals surface area contributed by atoms with Gasteiger partial charge in [0.05, 0.1) is 35.0 Å². The SMILES string of the molecule is CC(C)c1c(NC(=O)N2CC(=O)N(CC3CC3)C2)cnn1-c1ccccc1Cl. The molecule has 7 nitrogen and oxygen atoms in total. The van der Waals surface area contributed by atoms with E-state index in [2.05, 4.69) is 10.4 Å². The van der Waals surface area contributed by atoms with Crippen LogP contribution in [0.1, 0.15) is 38.3 Å². The standard InChI is InChI=1S/C20H24ClN5O2/c1-13(2)19-16(9-22-26(19)17-6-4-3-5-15(17)21)23-20(28)25-11-18(27)24(12-25)10-14-7-8-14/h3-6,9,13-14H,7-8,10-12H2,1-2H3,(H,23,28).